The van der Waals surface area contributed by atoms with Crippen molar-refractivity contribution in [1.82, 2.24) is 19.8 Å². The van der Waals surface area contributed by atoms with Crippen LogP contribution in [0.1, 0.15) is 18.9 Å². The first kappa shape index (κ1) is 19.1. The van der Waals surface area contributed by atoms with Crippen molar-refractivity contribution in [3.8, 4) is 17.0 Å². The highest BCUT2D eigenvalue weighted by atomic mass is 16.5. The van der Waals surface area contributed by atoms with Gasteiger partial charge in [0, 0.05) is 17.5 Å². The standard InChI is InChI=1S/C25H23N5O/c1-2-16-31-20-14-12-18(13-15-20)17-26-24-21-10-6-7-11-22(21)30-25(27-24)23(28-29-30)19-8-4-3-5-9-19/h3-15H,2,16-17H2,1H3,(H,26,27). The molecule has 6 heteroatoms. The molecule has 154 valence electrons. The SMILES string of the molecule is CCCOc1ccc(CNc2nc3c(-c4ccccc4)nnn3c3ccccc23)cc1. The van der Waals surface area contributed by atoms with E-state index in [4.69, 9.17) is 9.72 Å². The predicted octanol–water partition coefficient (Wildman–Crippen LogP) is 5.35. The first-order valence-electron chi connectivity index (χ1n) is 10.5. The van der Waals surface area contributed by atoms with E-state index in [-0.39, 0.29) is 0 Å². The molecule has 5 rings (SSSR count). The molecule has 1 N–H and O–H groups in total. The second-order valence-electron chi connectivity index (χ2n) is 7.36. The third-order valence-electron chi connectivity index (χ3n) is 5.16. The van der Waals surface area contributed by atoms with Crippen LogP contribution in [0.5, 0.6) is 5.75 Å². The number of hydrogen-bond donors (Lipinski definition) is 1. The van der Waals surface area contributed by atoms with Gasteiger partial charge in [-0.2, -0.15) is 4.52 Å². The number of nitrogens with one attached hydrogen (secondary N) is 1. The Morgan fingerprint density at radius 3 is 2.48 bits per heavy atom. The fourth-order valence-electron chi connectivity index (χ4n) is 3.59. The third kappa shape index (κ3) is 3.80. The Bertz CT molecular complexity index is 1310. The Balaban J connectivity index is 1.50. The normalized spacial score (nSPS) is 11.1. The van der Waals surface area contributed by atoms with Gasteiger partial charge in [-0.3, -0.25) is 0 Å². The number of para-hydroxylation sites is 1. The summed E-state index contributed by atoms with van der Waals surface area (Å²) in [5.74, 6) is 1.71. The number of benzene rings is 3. The van der Waals surface area contributed by atoms with Gasteiger partial charge in [-0.1, -0.05) is 66.7 Å². The van der Waals surface area contributed by atoms with Crippen LogP contribution in [0, 0.1) is 0 Å². The van der Waals surface area contributed by atoms with E-state index in [1.165, 1.54) is 0 Å². The van der Waals surface area contributed by atoms with Crippen molar-refractivity contribution in [1.29, 1.82) is 0 Å². The second kappa shape index (κ2) is 8.44. The van der Waals surface area contributed by atoms with Crippen LogP contribution in [0.4, 0.5) is 5.82 Å². The first-order chi connectivity index (χ1) is 15.3. The molecule has 0 aliphatic heterocycles. The van der Waals surface area contributed by atoms with E-state index in [0.29, 0.717) is 6.54 Å². The zero-order valence-electron chi connectivity index (χ0n) is 17.3. The molecule has 31 heavy (non-hydrogen) atoms. The highest BCUT2D eigenvalue weighted by Gasteiger charge is 2.15. The van der Waals surface area contributed by atoms with E-state index in [0.717, 1.165) is 58.0 Å². The minimum absolute atomic E-state index is 0.656. The minimum Gasteiger partial charge on any atom is -0.494 e. The van der Waals surface area contributed by atoms with Crippen LogP contribution in [0.2, 0.25) is 0 Å². The molecule has 2 heterocycles. The van der Waals surface area contributed by atoms with Gasteiger partial charge in [0.2, 0.25) is 0 Å². The number of nitrogens with zero attached hydrogens (tertiary/aromatic N) is 4. The van der Waals surface area contributed by atoms with Crippen LogP contribution in [0.3, 0.4) is 0 Å². The third-order valence-corrected chi connectivity index (χ3v) is 5.16. The molecular formula is C25H23N5O. The van der Waals surface area contributed by atoms with Crippen molar-refractivity contribution >= 4 is 22.4 Å². The number of fused-ring (bicyclic) bond motifs is 3. The molecule has 0 aliphatic rings. The average Bonchev–Trinajstić information content (AvgIpc) is 3.26. The highest BCUT2D eigenvalue weighted by Crippen LogP contribution is 2.28. The summed E-state index contributed by atoms with van der Waals surface area (Å²) >= 11 is 0. The van der Waals surface area contributed by atoms with Gasteiger partial charge in [0.25, 0.3) is 0 Å². The van der Waals surface area contributed by atoms with Crippen molar-refractivity contribution in [3.05, 3.63) is 84.4 Å². The lowest BCUT2D eigenvalue weighted by molar-refractivity contribution is 0.317. The number of aromatic nitrogens is 4. The summed E-state index contributed by atoms with van der Waals surface area (Å²) in [4.78, 5) is 4.91. The maximum atomic E-state index is 5.68. The zero-order valence-corrected chi connectivity index (χ0v) is 17.3. The topological polar surface area (TPSA) is 64.3 Å². The van der Waals surface area contributed by atoms with Gasteiger partial charge in [0.15, 0.2) is 5.65 Å². The van der Waals surface area contributed by atoms with E-state index in [1.807, 2.05) is 65.2 Å². The van der Waals surface area contributed by atoms with Crippen LogP contribution in [-0.4, -0.2) is 26.4 Å². The van der Waals surface area contributed by atoms with E-state index < -0.39 is 0 Å². The summed E-state index contributed by atoms with van der Waals surface area (Å²) in [5.41, 5.74) is 4.62. The average molecular weight is 409 g/mol. The number of rotatable bonds is 7. The van der Waals surface area contributed by atoms with Crippen molar-refractivity contribution in [2.24, 2.45) is 0 Å². The lowest BCUT2D eigenvalue weighted by atomic mass is 10.1. The predicted molar refractivity (Wildman–Crippen MR) is 123 cm³/mol. The molecule has 0 bridgehead atoms. The molecule has 0 saturated heterocycles. The molecule has 0 atom stereocenters. The largest absolute Gasteiger partial charge is 0.494 e. The molecule has 3 aromatic carbocycles. The van der Waals surface area contributed by atoms with Crippen LogP contribution in [0.15, 0.2) is 78.9 Å². The highest BCUT2D eigenvalue weighted by molar-refractivity contribution is 5.93. The van der Waals surface area contributed by atoms with E-state index in [9.17, 15) is 0 Å². The van der Waals surface area contributed by atoms with Gasteiger partial charge in [-0.25, -0.2) is 4.98 Å². The molecule has 0 amide bonds. The maximum Gasteiger partial charge on any atom is 0.186 e. The van der Waals surface area contributed by atoms with Gasteiger partial charge in [-0.05, 0) is 36.2 Å². The molecule has 5 aromatic rings. The molecule has 0 spiro atoms. The Kier molecular flexibility index (Phi) is 5.19. The van der Waals surface area contributed by atoms with Gasteiger partial charge in [0.1, 0.15) is 17.3 Å². The molecule has 0 fully saturated rings. The first-order valence-corrected chi connectivity index (χ1v) is 10.5. The van der Waals surface area contributed by atoms with Crippen molar-refractivity contribution in [2.75, 3.05) is 11.9 Å². The van der Waals surface area contributed by atoms with Gasteiger partial charge < -0.3 is 10.1 Å². The molecule has 0 unspecified atom stereocenters. The van der Waals surface area contributed by atoms with Gasteiger partial charge >= 0.3 is 0 Å². The summed E-state index contributed by atoms with van der Waals surface area (Å²) in [6.07, 6.45) is 0.999. The number of hydrogen-bond acceptors (Lipinski definition) is 5. The van der Waals surface area contributed by atoms with Crippen LogP contribution >= 0.6 is 0 Å². The maximum absolute atomic E-state index is 5.68. The van der Waals surface area contributed by atoms with Crippen LogP contribution < -0.4 is 10.1 Å². The van der Waals surface area contributed by atoms with Gasteiger partial charge in [-0.15, -0.1) is 5.10 Å². The number of ether oxygens (including phenoxy) is 1. The summed E-state index contributed by atoms with van der Waals surface area (Å²) in [7, 11) is 0. The smallest absolute Gasteiger partial charge is 0.186 e. The minimum atomic E-state index is 0.656. The fourth-order valence-corrected chi connectivity index (χ4v) is 3.59. The second-order valence-corrected chi connectivity index (χ2v) is 7.36. The Hall–Kier alpha value is -3.93. The number of anilines is 1. The van der Waals surface area contributed by atoms with Crippen molar-refractivity contribution in [2.45, 2.75) is 19.9 Å². The quantitative estimate of drug-likeness (QED) is 0.393. The summed E-state index contributed by atoms with van der Waals surface area (Å²) in [5, 5.41) is 13.3. The Morgan fingerprint density at radius 1 is 0.903 bits per heavy atom. The van der Waals surface area contributed by atoms with Crippen molar-refractivity contribution in [3.63, 3.8) is 0 Å². The zero-order chi connectivity index (χ0) is 21.0. The van der Waals surface area contributed by atoms with E-state index in [2.05, 4.69) is 40.8 Å². The fraction of sp³-hybridized carbons (Fsp3) is 0.160. The van der Waals surface area contributed by atoms with E-state index in [1.54, 1.807) is 0 Å². The van der Waals surface area contributed by atoms with Gasteiger partial charge in [0.05, 0.1) is 12.1 Å². The molecule has 2 aromatic heterocycles. The lowest BCUT2D eigenvalue weighted by Crippen LogP contribution is -2.05. The van der Waals surface area contributed by atoms with E-state index >= 15 is 0 Å². The Morgan fingerprint density at radius 2 is 1.68 bits per heavy atom. The monoisotopic (exact) mass is 409 g/mol. The summed E-state index contributed by atoms with van der Waals surface area (Å²) in [6.45, 7) is 3.49. The molecule has 0 aliphatic carbocycles. The molecule has 6 nitrogen and oxygen atoms in total. The van der Waals surface area contributed by atoms with Crippen LogP contribution in [0.25, 0.3) is 27.8 Å². The van der Waals surface area contributed by atoms with Crippen LogP contribution in [-0.2, 0) is 6.54 Å². The van der Waals surface area contributed by atoms with Crippen molar-refractivity contribution < 1.29 is 4.74 Å². The molecule has 0 radical (unpaired) electrons. The summed E-state index contributed by atoms with van der Waals surface area (Å²) < 4.78 is 7.48. The summed E-state index contributed by atoms with van der Waals surface area (Å²) in [6, 6.07) is 26.3. The Labute approximate surface area is 180 Å². The molecule has 0 saturated carbocycles. The lowest BCUT2D eigenvalue weighted by Gasteiger charge is -2.11. The molecular weight excluding hydrogens is 386 g/mol.